The summed E-state index contributed by atoms with van der Waals surface area (Å²) < 4.78 is 1.09. The van der Waals surface area contributed by atoms with Crippen LogP contribution in [-0.4, -0.2) is 10.1 Å². The molecule has 0 bridgehead atoms. The van der Waals surface area contributed by atoms with Crippen molar-refractivity contribution in [1.82, 2.24) is 4.98 Å². The summed E-state index contributed by atoms with van der Waals surface area (Å²) in [4.78, 5) is 5.77. The molecule has 2 aromatic rings. The van der Waals surface area contributed by atoms with E-state index in [2.05, 4.69) is 35.0 Å². The second-order valence-electron chi connectivity index (χ2n) is 4.70. The third-order valence-corrected chi connectivity index (χ3v) is 5.07. The number of benzene rings is 1. The van der Waals surface area contributed by atoms with Crippen LogP contribution >= 0.6 is 27.3 Å². The van der Waals surface area contributed by atoms with Crippen molar-refractivity contribution >= 4 is 27.3 Å². The van der Waals surface area contributed by atoms with Crippen LogP contribution in [0.5, 0.6) is 0 Å². The third kappa shape index (κ3) is 2.13. The summed E-state index contributed by atoms with van der Waals surface area (Å²) in [6.07, 6.45) is 2.60. The number of thiazole rings is 1. The molecule has 0 saturated heterocycles. The van der Waals surface area contributed by atoms with E-state index in [1.165, 1.54) is 11.1 Å². The van der Waals surface area contributed by atoms with Gasteiger partial charge in [-0.25, -0.2) is 4.98 Å². The van der Waals surface area contributed by atoms with E-state index in [1.807, 2.05) is 6.07 Å². The SMILES string of the molecule is Cc1cc(Br)ccc1-c1nc2c(s1)C(O)CCC2. The molecule has 1 heterocycles. The van der Waals surface area contributed by atoms with Gasteiger partial charge in [-0.1, -0.05) is 22.0 Å². The number of aliphatic hydroxyl groups is 1. The number of rotatable bonds is 1. The number of halogens is 1. The summed E-state index contributed by atoms with van der Waals surface area (Å²) in [5.74, 6) is 0. The molecule has 3 rings (SSSR count). The van der Waals surface area contributed by atoms with Crippen LogP contribution in [0, 0.1) is 6.92 Å². The Morgan fingerprint density at radius 1 is 1.44 bits per heavy atom. The smallest absolute Gasteiger partial charge is 0.124 e. The highest BCUT2D eigenvalue weighted by Crippen LogP contribution is 2.38. The predicted octanol–water partition coefficient (Wildman–Crippen LogP) is 4.25. The fourth-order valence-electron chi connectivity index (χ4n) is 2.38. The molecule has 18 heavy (non-hydrogen) atoms. The predicted molar refractivity (Wildman–Crippen MR) is 77.9 cm³/mol. The lowest BCUT2D eigenvalue weighted by molar-refractivity contribution is 0.160. The second-order valence-corrected chi connectivity index (χ2v) is 6.64. The van der Waals surface area contributed by atoms with Crippen molar-refractivity contribution in [2.75, 3.05) is 0 Å². The molecule has 0 fully saturated rings. The minimum atomic E-state index is -0.309. The van der Waals surface area contributed by atoms with Crippen molar-refractivity contribution in [3.8, 4) is 10.6 Å². The zero-order chi connectivity index (χ0) is 12.7. The van der Waals surface area contributed by atoms with Gasteiger partial charge in [0.1, 0.15) is 5.01 Å². The van der Waals surface area contributed by atoms with Gasteiger partial charge in [0.05, 0.1) is 16.7 Å². The normalized spacial score (nSPS) is 18.7. The zero-order valence-electron chi connectivity index (χ0n) is 10.1. The standard InChI is InChI=1S/C14H14BrNOS/c1-8-7-9(15)5-6-10(8)14-16-11-3-2-4-12(17)13(11)18-14/h5-7,12,17H,2-4H2,1H3. The Kier molecular flexibility index (Phi) is 3.26. The van der Waals surface area contributed by atoms with Crippen LogP contribution in [0.1, 0.15) is 35.1 Å². The van der Waals surface area contributed by atoms with E-state index >= 15 is 0 Å². The lowest BCUT2D eigenvalue weighted by Gasteiger charge is -2.14. The Balaban J connectivity index is 2.07. The molecule has 1 aromatic heterocycles. The summed E-state index contributed by atoms with van der Waals surface area (Å²) in [7, 11) is 0. The quantitative estimate of drug-likeness (QED) is 0.851. The second kappa shape index (κ2) is 4.76. The van der Waals surface area contributed by atoms with E-state index in [0.29, 0.717) is 0 Å². The maximum Gasteiger partial charge on any atom is 0.124 e. The molecule has 0 saturated carbocycles. The molecule has 94 valence electrons. The van der Waals surface area contributed by atoms with E-state index in [9.17, 15) is 5.11 Å². The largest absolute Gasteiger partial charge is 0.388 e. The van der Waals surface area contributed by atoms with E-state index in [0.717, 1.165) is 39.3 Å². The van der Waals surface area contributed by atoms with Gasteiger partial charge in [0, 0.05) is 10.0 Å². The van der Waals surface area contributed by atoms with Crippen molar-refractivity contribution in [2.45, 2.75) is 32.3 Å². The maximum absolute atomic E-state index is 10.00. The van der Waals surface area contributed by atoms with E-state index in [-0.39, 0.29) is 6.10 Å². The number of aromatic nitrogens is 1. The van der Waals surface area contributed by atoms with Crippen LogP contribution < -0.4 is 0 Å². The highest BCUT2D eigenvalue weighted by atomic mass is 79.9. The number of nitrogens with zero attached hydrogens (tertiary/aromatic N) is 1. The van der Waals surface area contributed by atoms with Crippen LogP contribution in [0.3, 0.4) is 0 Å². The Bertz CT molecular complexity index is 593. The molecular formula is C14H14BrNOS. The van der Waals surface area contributed by atoms with Crippen LogP contribution in [0.4, 0.5) is 0 Å². The van der Waals surface area contributed by atoms with Gasteiger partial charge in [0.15, 0.2) is 0 Å². The molecule has 4 heteroatoms. The van der Waals surface area contributed by atoms with Crippen LogP contribution in [0.15, 0.2) is 22.7 Å². The van der Waals surface area contributed by atoms with Crippen molar-refractivity contribution in [3.63, 3.8) is 0 Å². The minimum absolute atomic E-state index is 0.309. The molecule has 0 spiro atoms. The fourth-order valence-corrected chi connectivity index (χ4v) is 4.08. The van der Waals surface area contributed by atoms with Crippen LogP contribution in [-0.2, 0) is 6.42 Å². The van der Waals surface area contributed by atoms with Gasteiger partial charge in [-0.2, -0.15) is 0 Å². The third-order valence-electron chi connectivity index (χ3n) is 3.34. The molecule has 0 aliphatic heterocycles. The van der Waals surface area contributed by atoms with Gasteiger partial charge in [-0.3, -0.25) is 0 Å². The first kappa shape index (κ1) is 12.3. The lowest BCUT2D eigenvalue weighted by Crippen LogP contribution is -2.06. The average molecular weight is 324 g/mol. The van der Waals surface area contributed by atoms with E-state index in [1.54, 1.807) is 11.3 Å². The zero-order valence-corrected chi connectivity index (χ0v) is 12.5. The number of hydrogen-bond donors (Lipinski definition) is 1. The highest BCUT2D eigenvalue weighted by molar-refractivity contribution is 9.10. The minimum Gasteiger partial charge on any atom is -0.388 e. The Hall–Kier alpha value is -0.710. The topological polar surface area (TPSA) is 33.1 Å². The lowest BCUT2D eigenvalue weighted by atomic mass is 10.0. The molecule has 1 aliphatic rings. The van der Waals surface area contributed by atoms with Gasteiger partial charge in [-0.15, -0.1) is 11.3 Å². The van der Waals surface area contributed by atoms with E-state index in [4.69, 9.17) is 4.98 Å². The average Bonchev–Trinajstić information content (AvgIpc) is 2.74. The summed E-state index contributed by atoms with van der Waals surface area (Å²) in [6, 6.07) is 6.24. The molecule has 1 unspecified atom stereocenters. The maximum atomic E-state index is 10.00. The number of fused-ring (bicyclic) bond motifs is 1. The summed E-state index contributed by atoms with van der Waals surface area (Å²) in [6.45, 7) is 2.09. The Morgan fingerprint density at radius 3 is 3.00 bits per heavy atom. The molecule has 1 aromatic carbocycles. The number of aliphatic hydroxyl groups excluding tert-OH is 1. The Labute approximate surface area is 119 Å². The molecule has 0 amide bonds. The summed E-state index contributed by atoms with van der Waals surface area (Å²) >= 11 is 5.12. The summed E-state index contributed by atoms with van der Waals surface area (Å²) in [5, 5.41) is 11.0. The van der Waals surface area contributed by atoms with Crippen molar-refractivity contribution in [1.29, 1.82) is 0 Å². The first-order valence-electron chi connectivity index (χ1n) is 6.09. The van der Waals surface area contributed by atoms with Crippen molar-refractivity contribution in [2.24, 2.45) is 0 Å². The van der Waals surface area contributed by atoms with Gasteiger partial charge in [0.2, 0.25) is 0 Å². The van der Waals surface area contributed by atoms with Crippen molar-refractivity contribution < 1.29 is 5.11 Å². The number of hydrogen-bond acceptors (Lipinski definition) is 3. The monoisotopic (exact) mass is 323 g/mol. The van der Waals surface area contributed by atoms with Crippen LogP contribution in [0.25, 0.3) is 10.6 Å². The molecule has 0 radical (unpaired) electrons. The molecule has 2 nitrogen and oxygen atoms in total. The van der Waals surface area contributed by atoms with Crippen LogP contribution in [0.2, 0.25) is 0 Å². The number of aryl methyl sites for hydroxylation is 2. The first-order valence-corrected chi connectivity index (χ1v) is 7.70. The van der Waals surface area contributed by atoms with E-state index < -0.39 is 0 Å². The highest BCUT2D eigenvalue weighted by Gasteiger charge is 2.23. The first-order chi connectivity index (χ1) is 8.65. The van der Waals surface area contributed by atoms with Crippen molar-refractivity contribution in [3.05, 3.63) is 38.8 Å². The molecule has 1 N–H and O–H groups in total. The van der Waals surface area contributed by atoms with Gasteiger partial charge < -0.3 is 5.11 Å². The van der Waals surface area contributed by atoms with Gasteiger partial charge in [0.25, 0.3) is 0 Å². The molecule has 1 atom stereocenters. The van der Waals surface area contributed by atoms with Gasteiger partial charge >= 0.3 is 0 Å². The summed E-state index contributed by atoms with van der Waals surface area (Å²) in [5.41, 5.74) is 3.48. The Morgan fingerprint density at radius 2 is 2.28 bits per heavy atom. The fraction of sp³-hybridized carbons (Fsp3) is 0.357. The van der Waals surface area contributed by atoms with Gasteiger partial charge in [-0.05, 0) is 43.9 Å². The molecular weight excluding hydrogens is 310 g/mol. The molecule has 1 aliphatic carbocycles.